The molecule has 4 nitrogen and oxygen atoms in total. The summed E-state index contributed by atoms with van der Waals surface area (Å²) in [6.45, 7) is 1.65. The number of ether oxygens (including phenoxy) is 1. The van der Waals surface area contributed by atoms with Crippen molar-refractivity contribution in [1.82, 2.24) is 10.2 Å². The van der Waals surface area contributed by atoms with Crippen LogP contribution in [0.1, 0.15) is 44.9 Å². The third-order valence-electron chi connectivity index (χ3n) is 5.96. The summed E-state index contributed by atoms with van der Waals surface area (Å²) < 4.78 is 6.03. The fourth-order valence-electron chi connectivity index (χ4n) is 4.62. The summed E-state index contributed by atoms with van der Waals surface area (Å²) in [5.74, 6) is 1.98. The van der Waals surface area contributed by atoms with Crippen LogP contribution in [0, 0.1) is 5.92 Å². The van der Waals surface area contributed by atoms with Crippen molar-refractivity contribution in [3.8, 4) is 5.75 Å². The Hall–Kier alpha value is -1.26. The van der Waals surface area contributed by atoms with Gasteiger partial charge in [-0.25, -0.2) is 0 Å². The predicted molar refractivity (Wildman–Crippen MR) is 101 cm³/mol. The van der Waals surface area contributed by atoms with E-state index in [1.54, 1.807) is 0 Å². The number of nitrogens with zero attached hydrogens (tertiary/aromatic N) is 1. The van der Waals surface area contributed by atoms with E-state index in [-0.39, 0.29) is 24.6 Å². The molecule has 2 aliphatic heterocycles. The summed E-state index contributed by atoms with van der Waals surface area (Å²) in [5.41, 5.74) is 0. The van der Waals surface area contributed by atoms with Crippen molar-refractivity contribution in [3.63, 3.8) is 0 Å². The van der Waals surface area contributed by atoms with E-state index < -0.39 is 0 Å². The van der Waals surface area contributed by atoms with Gasteiger partial charge in [0, 0.05) is 32.0 Å². The van der Waals surface area contributed by atoms with Gasteiger partial charge in [-0.15, -0.1) is 12.4 Å². The fraction of sp³-hybridized carbons (Fsp3) is 0.650. The van der Waals surface area contributed by atoms with Crippen molar-refractivity contribution < 1.29 is 9.53 Å². The number of rotatable bonds is 3. The van der Waals surface area contributed by atoms with E-state index in [9.17, 15) is 4.79 Å². The second-order valence-electron chi connectivity index (χ2n) is 7.56. The summed E-state index contributed by atoms with van der Waals surface area (Å²) >= 11 is 0. The maximum atomic E-state index is 12.8. The first-order chi connectivity index (χ1) is 11.8. The van der Waals surface area contributed by atoms with Crippen LogP contribution in [0.3, 0.4) is 0 Å². The Labute approximate surface area is 156 Å². The molecule has 0 bridgehead atoms. The SMILES string of the molecule is Cl.O=C(C1CC2CCCCC2N1)N1CCC(Oc2ccccc2)CC1. The largest absolute Gasteiger partial charge is 0.490 e. The number of amides is 1. The van der Waals surface area contributed by atoms with Gasteiger partial charge in [0.1, 0.15) is 11.9 Å². The zero-order chi connectivity index (χ0) is 16.4. The highest BCUT2D eigenvalue weighted by Gasteiger charge is 2.40. The molecule has 2 saturated heterocycles. The van der Waals surface area contributed by atoms with E-state index in [2.05, 4.69) is 10.2 Å². The van der Waals surface area contributed by atoms with E-state index in [0.717, 1.165) is 44.0 Å². The minimum atomic E-state index is 0. The lowest BCUT2D eigenvalue weighted by molar-refractivity contribution is -0.135. The lowest BCUT2D eigenvalue weighted by Crippen LogP contribution is -2.49. The summed E-state index contributed by atoms with van der Waals surface area (Å²) in [6, 6.07) is 10.7. The number of likely N-dealkylation sites (tertiary alicyclic amines) is 1. The Kier molecular flexibility index (Phi) is 6.24. The molecule has 1 aromatic rings. The number of para-hydroxylation sites is 1. The molecule has 3 unspecified atom stereocenters. The molecular formula is C20H29ClN2O2. The van der Waals surface area contributed by atoms with Gasteiger partial charge in [-0.2, -0.15) is 0 Å². The lowest BCUT2D eigenvalue weighted by atomic mass is 9.85. The van der Waals surface area contributed by atoms with Gasteiger partial charge in [-0.1, -0.05) is 31.0 Å². The molecule has 1 saturated carbocycles. The molecule has 0 radical (unpaired) electrons. The number of hydrogen-bond acceptors (Lipinski definition) is 3. The lowest BCUT2D eigenvalue weighted by Gasteiger charge is -2.33. The van der Waals surface area contributed by atoms with Gasteiger partial charge in [-0.3, -0.25) is 4.79 Å². The Bertz CT molecular complexity index is 546. The molecule has 1 N–H and O–H groups in total. The van der Waals surface area contributed by atoms with Crippen LogP contribution in [-0.4, -0.2) is 42.1 Å². The van der Waals surface area contributed by atoms with Crippen molar-refractivity contribution in [3.05, 3.63) is 30.3 Å². The maximum absolute atomic E-state index is 12.8. The van der Waals surface area contributed by atoms with Crippen molar-refractivity contribution in [2.24, 2.45) is 5.92 Å². The molecule has 1 aromatic carbocycles. The molecule has 0 spiro atoms. The smallest absolute Gasteiger partial charge is 0.239 e. The molecule has 5 heteroatoms. The van der Waals surface area contributed by atoms with Crippen LogP contribution < -0.4 is 10.1 Å². The maximum Gasteiger partial charge on any atom is 0.239 e. The van der Waals surface area contributed by atoms with Crippen LogP contribution in [0.25, 0.3) is 0 Å². The summed E-state index contributed by atoms with van der Waals surface area (Å²) in [6.07, 6.45) is 8.35. The third kappa shape index (κ3) is 4.29. The van der Waals surface area contributed by atoms with Gasteiger partial charge in [0.05, 0.1) is 6.04 Å². The first-order valence-corrected chi connectivity index (χ1v) is 9.56. The van der Waals surface area contributed by atoms with Crippen LogP contribution in [-0.2, 0) is 4.79 Å². The normalized spacial score (nSPS) is 29.6. The average molecular weight is 365 g/mol. The molecule has 4 rings (SSSR count). The molecule has 25 heavy (non-hydrogen) atoms. The molecule has 3 aliphatic rings. The average Bonchev–Trinajstić information content (AvgIpc) is 3.07. The second-order valence-corrected chi connectivity index (χ2v) is 7.56. The Morgan fingerprint density at radius 2 is 1.76 bits per heavy atom. The Morgan fingerprint density at radius 1 is 1.04 bits per heavy atom. The van der Waals surface area contributed by atoms with Gasteiger partial charge in [0.2, 0.25) is 5.91 Å². The number of hydrogen-bond donors (Lipinski definition) is 1. The third-order valence-corrected chi connectivity index (χ3v) is 5.96. The molecule has 1 amide bonds. The van der Waals surface area contributed by atoms with Gasteiger partial charge in [0.25, 0.3) is 0 Å². The summed E-state index contributed by atoms with van der Waals surface area (Å²) in [5, 5.41) is 3.62. The Morgan fingerprint density at radius 3 is 2.48 bits per heavy atom. The first kappa shape index (κ1) is 18.5. The van der Waals surface area contributed by atoms with Crippen LogP contribution in [0.5, 0.6) is 5.75 Å². The minimum absolute atomic E-state index is 0. The molecule has 1 aliphatic carbocycles. The zero-order valence-corrected chi connectivity index (χ0v) is 15.5. The van der Waals surface area contributed by atoms with E-state index in [4.69, 9.17) is 4.74 Å². The molecular weight excluding hydrogens is 336 g/mol. The zero-order valence-electron chi connectivity index (χ0n) is 14.7. The van der Waals surface area contributed by atoms with Crippen molar-refractivity contribution in [2.45, 2.75) is 63.1 Å². The van der Waals surface area contributed by atoms with Crippen LogP contribution >= 0.6 is 12.4 Å². The molecule has 0 aromatic heterocycles. The summed E-state index contributed by atoms with van der Waals surface area (Å²) in [4.78, 5) is 14.9. The molecule has 138 valence electrons. The van der Waals surface area contributed by atoms with E-state index in [1.807, 2.05) is 30.3 Å². The predicted octanol–water partition coefficient (Wildman–Crippen LogP) is 3.40. The van der Waals surface area contributed by atoms with E-state index in [1.165, 1.54) is 25.7 Å². The van der Waals surface area contributed by atoms with E-state index >= 15 is 0 Å². The standard InChI is InChI=1S/C20H28N2O2.ClH/c23-20(19-14-15-6-4-5-9-18(15)21-19)22-12-10-17(11-13-22)24-16-7-2-1-3-8-16;/h1-3,7-8,15,17-19,21H,4-6,9-14H2;1H. The number of piperidine rings is 1. The van der Waals surface area contributed by atoms with Crippen molar-refractivity contribution in [1.29, 1.82) is 0 Å². The first-order valence-electron chi connectivity index (χ1n) is 9.56. The highest BCUT2D eigenvalue weighted by Crippen LogP contribution is 2.34. The number of halogens is 1. The fourth-order valence-corrected chi connectivity index (χ4v) is 4.62. The molecule has 3 atom stereocenters. The molecule has 3 fully saturated rings. The van der Waals surface area contributed by atoms with Crippen molar-refractivity contribution >= 4 is 18.3 Å². The van der Waals surface area contributed by atoms with Crippen LogP contribution in [0.2, 0.25) is 0 Å². The summed E-state index contributed by atoms with van der Waals surface area (Å²) in [7, 11) is 0. The quantitative estimate of drug-likeness (QED) is 0.893. The van der Waals surface area contributed by atoms with Crippen LogP contribution in [0.15, 0.2) is 30.3 Å². The molecule has 2 heterocycles. The highest BCUT2D eigenvalue weighted by atomic mass is 35.5. The highest BCUT2D eigenvalue weighted by molar-refractivity contribution is 5.85. The van der Waals surface area contributed by atoms with Crippen molar-refractivity contribution in [2.75, 3.05) is 13.1 Å². The number of benzene rings is 1. The number of nitrogens with one attached hydrogen (secondary N) is 1. The van der Waals surface area contributed by atoms with Gasteiger partial charge in [-0.05, 0) is 37.3 Å². The number of fused-ring (bicyclic) bond motifs is 1. The van der Waals surface area contributed by atoms with Crippen LogP contribution in [0.4, 0.5) is 0 Å². The Balaban J connectivity index is 0.00000182. The van der Waals surface area contributed by atoms with E-state index in [0.29, 0.717) is 11.9 Å². The second kappa shape index (κ2) is 8.41. The number of carbonyl (C=O) groups excluding carboxylic acids is 1. The topological polar surface area (TPSA) is 41.6 Å². The number of carbonyl (C=O) groups is 1. The van der Waals surface area contributed by atoms with Gasteiger partial charge < -0.3 is 15.0 Å². The monoisotopic (exact) mass is 364 g/mol. The van der Waals surface area contributed by atoms with Gasteiger partial charge in [0.15, 0.2) is 0 Å². The van der Waals surface area contributed by atoms with Gasteiger partial charge >= 0.3 is 0 Å². The minimum Gasteiger partial charge on any atom is -0.490 e.